The Labute approximate surface area is 202 Å². The molecule has 0 saturated carbocycles. The van der Waals surface area contributed by atoms with E-state index in [-0.39, 0.29) is 29.4 Å². The van der Waals surface area contributed by atoms with Gasteiger partial charge in [0.15, 0.2) is 18.1 Å². The minimum absolute atomic E-state index is 0.166. The molecular formula is C22H18BrClN2O7. The second-order valence-corrected chi connectivity index (χ2v) is 8.09. The summed E-state index contributed by atoms with van der Waals surface area (Å²) < 4.78 is 11.2. The number of carbonyl (C=O) groups is 4. The number of barbiturate groups is 1. The molecule has 0 aromatic heterocycles. The average Bonchev–Trinajstić information content (AvgIpc) is 2.74. The first-order chi connectivity index (χ1) is 15.6. The van der Waals surface area contributed by atoms with Gasteiger partial charge in [0.05, 0.1) is 12.3 Å². The zero-order valence-electron chi connectivity index (χ0n) is 17.5. The summed E-state index contributed by atoms with van der Waals surface area (Å²) in [5, 5.41) is 11.4. The highest BCUT2D eigenvalue weighted by Crippen LogP contribution is 2.35. The third kappa shape index (κ3) is 5.35. The largest absolute Gasteiger partial charge is 0.490 e. The molecule has 0 bridgehead atoms. The fraction of sp³-hybridized carbons (Fsp3) is 0.182. The van der Waals surface area contributed by atoms with Gasteiger partial charge in [-0.05, 0) is 55.3 Å². The lowest BCUT2D eigenvalue weighted by atomic mass is 10.1. The molecule has 0 spiro atoms. The normalized spacial score (nSPS) is 15.0. The number of rotatable bonds is 7. The van der Waals surface area contributed by atoms with Crippen LogP contribution in [0.2, 0.25) is 5.02 Å². The molecule has 0 aliphatic carbocycles. The first kappa shape index (κ1) is 24.3. The van der Waals surface area contributed by atoms with Gasteiger partial charge in [-0.15, -0.1) is 0 Å². The van der Waals surface area contributed by atoms with E-state index in [1.165, 1.54) is 24.3 Å². The minimum atomic E-state index is -1.16. The van der Waals surface area contributed by atoms with Gasteiger partial charge in [-0.25, -0.2) is 14.5 Å². The predicted octanol–water partition coefficient (Wildman–Crippen LogP) is 3.94. The van der Waals surface area contributed by atoms with Gasteiger partial charge >= 0.3 is 12.0 Å². The van der Waals surface area contributed by atoms with Crippen LogP contribution in [0.4, 0.5) is 10.5 Å². The smallest absolute Gasteiger partial charge is 0.341 e. The van der Waals surface area contributed by atoms with Crippen LogP contribution < -0.4 is 19.7 Å². The van der Waals surface area contributed by atoms with Gasteiger partial charge in [-0.2, -0.15) is 0 Å². The lowest BCUT2D eigenvalue weighted by molar-refractivity contribution is -0.139. The number of nitrogens with one attached hydrogen (secondary N) is 1. The number of imide groups is 2. The second-order valence-electron chi connectivity index (χ2n) is 6.83. The van der Waals surface area contributed by atoms with Gasteiger partial charge in [0.1, 0.15) is 5.57 Å². The monoisotopic (exact) mass is 536 g/mol. The van der Waals surface area contributed by atoms with E-state index >= 15 is 0 Å². The Morgan fingerprint density at radius 1 is 1.18 bits per heavy atom. The lowest BCUT2D eigenvalue weighted by Gasteiger charge is -2.26. The zero-order valence-corrected chi connectivity index (χ0v) is 19.8. The maximum absolute atomic E-state index is 13.1. The molecule has 1 aliphatic rings. The van der Waals surface area contributed by atoms with Crippen LogP contribution in [0.1, 0.15) is 18.1 Å². The molecule has 2 aromatic carbocycles. The van der Waals surface area contributed by atoms with Crippen LogP contribution in [-0.2, 0) is 14.4 Å². The fourth-order valence-corrected chi connectivity index (χ4v) is 3.56. The first-order valence-electron chi connectivity index (χ1n) is 9.61. The van der Waals surface area contributed by atoms with Crippen molar-refractivity contribution in [3.8, 4) is 11.5 Å². The molecule has 33 heavy (non-hydrogen) atoms. The number of aryl methyl sites for hydroxylation is 1. The maximum Gasteiger partial charge on any atom is 0.341 e. The van der Waals surface area contributed by atoms with Crippen molar-refractivity contribution in [2.24, 2.45) is 0 Å². The summed E-state index contributed by atoms with van der Waals surface area (Å²) >= 11 is 9.46. The van der Waals surface area contributed by atoms with Gasteiger partial charge in [-0.1, -0.05) is 33.6 Å². The Morgan fingerprint density at radius 2 is 1.88 bits per heavy atom. The Bertz CT molecular complexity index is 1200. The van der Waals surface area contributed by atoms with Crippen LogP contribution in [0.25, 0.3) is 6.08 Å². The summed E-state index contributed by atoms with van der Waals surface area (Å²) in [7, 11) is 0. The number of hydrogen-bond donors (Lipinski definition) is 2. The van der Waals surface area contributed by atoms with E-state index in [0.29, 0.717) is 15.1 Å². The number of benzene rings is 2. The van der Waals surface area contributed by atoms with E-state index < -0.39 is 30.4 Å². The quantitative estimate of drug-likeness (QED) is 0.405. The number of carbonyl (C=O) groups excluding carboxylic acids is 3. The van der Waals surface area contributed by atoms with Crippen LogP contribution in [0.3, 0.4) is 0 Å². The van der Waals surface area contributed by atoms with Gasteiger partial charge in [0.2, 0.25) is 0 Å². The summed E-state index contributed by atoms with van der Waals surface area (Å²) in [6.07, 6.45) is 1.29. The molecule has 0 atom stereocenters. The molecule has 1 heterocycles. The fourth-order valence-electron chi connectivity index (χ4n) is 2.95. The lowest BCUT2D eigenvalue weighted by Crippen LogP contribution is -2.54. The van der Waals surface area contributed by atoms with Gasteiger partial charge in [-0.3, -0.25) is 14.9 Å². The molecule has 9 nitrogen and oxygen atoms in total. The molecule has 172 valence electrons. The number of carboxylic acids is 1. The molecule has 1 saturated heterocycles. The number of hydrogen-bond acceptors (Lipinski definition) is 6. The van der Waals surface area contributed by atoms with Crippen molar-refractivity contribution in [1.82, 2.24) is 5.32 Å². The zero-order chi connectivity index (χ0) is 24.3. The third-order valence-electron chi connectivity index (χ3n) is 4.53. The SMILES string of the molecule is CCOc1cc(C=C2C(=O)NC(=O)N(c3ccc(C)c(Cl)c3)C2=O)c(Br)cc1OCC(=O)O. The maximum atomic E-state index is 13.1. The van der Waals surface area contributed by atoms with Crippen molar-refractivity contribution in [2.45, 2.75) is 13.8 Å². The van der Waals surface area contributed by atoms with E-state index in [2.05, 4.69) is 21.2 Å². The number of halogens is 2. The van der Waals surface area contributed by atoms with Crippen molar-refractivity contribution < 1.29 is 33.8 Å². The van der Waals surface area contributed by atoms with Gasteiger partial charge in [0, 0.05) is 9.50 Å². The van der Waals surface area contributed by atoms with Crippen molar-refractivity contribution >= 4 is 63.1 Å². The topological polar surface area (TPSA) is 122 Å². The van der Waals surface area contributed by atoms with Gasteiger partial charge in [0.25, 0.3) is 11.8 Å². The van der Waals surface area contributed by atoms with Crippen molar-refractivity contribution in [2.75, 3.05) is 18.1 Å². The highest BCUT2D eigenvalue weighted by Gasteiger charge is 2.37. The molecule has 2 aromatic rings. The number of nitrogens with zero attached hydrogens (tertiary/aromatic N) is 1. The molecule has 0 unspecified atom stereocenters. The molecule has 3 rings (SSSR count). The summed E-state index contributed by atoms with van der Waals surface area (Å²) in [6.45, 7) is 3.19. The summed E-state index contributed by atoms with van der Waals surface area (Å²) in [5.74, 6) is -2.48. The van der Waals surface area contributed by atoms with E-state index in [4.69, 9.17) is 26.2 Å². The number of aliphatic carboxylic acids is 1. The van der Waals surface area contributed by atoms with Crippen LogP contribution >= 0.6 is 27.5 Å². The molecule has 1 aliphatic heterocycles. The molecular weight excluding hydrogens is 520 g/mol. The molecule has 0 radical (unpaired) electrons. The van der Waals surface area contributed by atoms with Crippen molar-refractivity contribution in [3.05, 3.63) is 56.5 Å². The van der Waals surface area contributed by atoms with Crippen molar-refractivity contribution in [3.63, 3.8) is 0 Å². The summed E-state index contributed by atoms with van der Waals surface area (Å²) in [5.41, 5.74) is 1.04. The Morgan fingerprint density at radius 3 is 2.52 bits per heavy atom. The van der Waals surface area contributed by atoms with E-state index in [1.54, 1.807) is 26.0 Å². The average molecular weight is 538 g/mol. The molecule has 11 heteroatoms. The van der Waals surface area contributed by atoms with Crippen LogP contribution in [0.15, 0.2) is 40.4 Å². The number of urea groups is 1. The second kappa shape index (κ2) is 10.1. The highest BCUT2D eigenvalue weighted by molar-refractivity contribution is 9.10. The minimum Gasteiger partial charge on any atom is -0.490 e. The predicted molar refractivity (Wildman–Crippen MR) is 124 cm³/mol. The van der Waals surface area contributed by atoms with Gasteiger partial charge < -0.3 is 14.6 Å². The van der Waals surface area contributed by atoms with Crippen LogP contribution in [-0.4, -0.2) is 42.1 Å². The summed E-state index contributed by atoms with van der Waals surface area (Å²) in [6, 6.07) is 6.71. The Hall–Kier alpha value is -3.37. The first-order valence-corrected chi connectivity index (χ1v) is 10.8. The highest BCUT2D eigenvalue weighted by atomic mass is 79.9. The van der Waals surface area contributed by atoms with E-state index in [0.717, 1.165) is 10.5 Å². The van der Waals surface area contributed by atoms with Crippen LogP contribution in [0, 0.1) is 6.92 Å². The standard InChI is InChI=1S/C22H18BrClN2O7/c1-3-32-17-7-12(15(23)9-18(17)33-10-19(27)28)6-14-20(29)25-22(31)26(21(14)30)13-5-4-11(2)16(24)8-13/h4-9H,3,10H2,1-2H3,(H,27,28)(H,25,29,31). The van der Waals surface area contributed by atoms with Crippen LogP contribution in [0.5, 0.6) is 11.5 Å². The third-order valence-corrected chi connectivity index (χ3v) is 5.62. The number of anilines is 1. The van der Waals surface area contributed by atoms with Crippen molar-refractivity contribution in [1.29, 1.82) is 0 Å². The Balaban J connectivity index is 2.03. The summed E-state index contributed by atoms with van der Waals surface area (Å²) in [4.78, 5) is 49.6. The number of amides is 4. The number of ether oxygens (including phenoxy) is 2. The molecule has 2 N–H and O–H groups in total. The number of carboxylic acid groups (broad SMARTS) is 1. The van der Waals surface area contributed by atoms with E-state index in [9.17, 15) is 19.2 Å². The molecule has 4 amide bonds. The Kier molecular flexibility index (Phi) is 7.39. The van der Waals surface area contributed by atoms with E-state index in [1.807, 2.05) is 0 Å². The molecule has 1 fully saturated rings.